The van der Waals surface area contributed by atoms with Crippen molar-refractivity contribution in [2.75, 3.05) is 6.61 Å². The van der Waals surface area contributed by atoms with Gasteiger partial charge in [0.05, 0.1) is 12.2 Å². The molecule has 1 aliphatic rings. The molecule has 0 aromatic heterocycles. The van der Waals surface area contributed by atoms with E-state index in [0.29, 0.717) is 0 Å². The van der Waals surface area contributed by atoms with Crippen LogP contribution in [0.25, 0.3) is 0 Å². The number of carbonyl (C=O) groups excluding carboxylic acids is 2. The maximum absolute atomic E-state index is 12.1. The first-order valence-electron chi connectivity index (χ1n) is 7.09. The predicted octanol–water partition coefficient (Wildman–Crippen LogP) is -1.21. The van der Waals surface area contributed by atoms with Gasteiger partial charge in [-0.2, -0.15) is 0 Å². The summed E-state index contributed by atoms with van der Waals surface area (Å²) in [4.78, 5) is 23.4. The molecule has 126 valence electrons. The molecule has 0 bridgehead atoms. The summed E-state index contributed by atoms with van der Waals surface area (Å²) < 4.78 is 10.5. The van der Waals surface area contributed by atoms with Gasteiger partial charge in [-0.05, 0) is 12.1 Å². The highest BCUT2D eigenvalue weighted by Crippen LogP contribution is 2.23. The van der Waals surface area contributed by atoms with Crippen molar-refractivity contribution in [2.45, 2.75) is 37.6 Å². The summed E-state index contributed by atoms with van der Waals surface area (Å²) in [5.41, 5.74) is 0.263. The number of aliphatic hydroxyl groups excluding tert-OH is 3. The van der Waals surface area contributed by atoms with Crippen LogP contribution >= 0.6 is 0 Å². The Kier molecular flexibility index (Phi) is 5.67. The van der Waals surface area contributed by atoms with Gasteiger partial charge in [0.15, 0.2) is 0 Å². The van der Waals surface area contributed by atoms with Crippen molar-refractivity contribution >= 4 is 11.9 Å². The molecular formula is C15H19NO7. The lowest BCUT2D eigenvalue weighted by Gasteiger charge is -2.41. The Labute approximate surface area is 132 Å². The van der Waals surface area contributed by atoms with Crippen LogP contribution < -0.4 is 5.32 Å². The van der Waals surface area contributed by atoms with Gasteiger partial charge in [-0.1, -0.05) is 18.2 Å². The van der Waals surface area contributed by atoms with E-state index in [2.05, 4.69) is 5.32 Å². The molecule has 2 rings (SSSR count). The van der Waals surface area contributed by atoms with Crippen LogP contribution in [0, 0.1) is 0 Å². The van der Waals surface area contributed by atoms with Crippen LogP contribution in [-0.4, -0.2) is 64.4 Å². The summed E-state index contributed by atoms with van der Waals surface area (Å²) in [7, 11) is 0. The normalized spacial score (nSPS) is 30.5. The third kappa shape index (κ3) is 4.05. The van der Waals surface area contributed by atoms with Gasteiger partial charge in [-0.25, -0.2) is 4.79 Å². The fraction of sp³-hybridized carbons (Fsp3) is 0.467. The number of rotatable bonds is 4. The molecule has 1 aliphatic heterocycles. The van der Waals surface area contributed by atoms with E-state index in [-0.39, 0.29) is 5.56 Å². The average molecular weight is 325 g/mol. The molecule has 0 aliphatic carbocycles. The second-order valence-electron chi connectivity index (χ2n) is 5.20. The smallest absolute Gasteiger partial charge is 0.340 e. The van der Waals surface area contributed by atoms with E-state index in [1.165, 1.54) is 19.1 Å². The highest BCUT2D eigenvalue weighted by Gasteiger charge is 2.46. The number of ether oxygens (including phenoxy) is 2. The molecule has 0 saturated carbocycles. The summed E-state index contributed by atoms with van der Waals surface area (Å²) in [6.07, 6.45) is -5.37. The monoisotopic (exact) mass is 325 g/mol. The van der Waals surface area contributed by atoms with Gasteiger partial charge in [0, 0.05) is 6.92 Å². The van der Waals surface area contributed by atoms with E-state index >= 15 is 0 Å². The third-order valence-corrected chi connectivity index (χ3v) is 3.48. The zero-order valence-electron chi connectivity index (χ0n) is 12.5. The fourth-order valence-corrected chi connectivity index (χ4v) is 2.32. The van der Waals surface area contributed by atoms with Crippen molar-refractivity contribution in [3.05, 3.63) is 35.9 Å². The van der Waals surface area contributed by atoms with Crippen LogP contribution in [0.1, 0.15) is 17.3 Å². The third-order valence-electron chi connectivity index (χ3n) is 3.48. The molecule has 5 atom stereocenters. The van der Waals surface area contributed by atoms with Crippen LogP contribution in [-0.2, 0) is 14.3 Å². The van der Waals surface area contributed by atoms with Crippen molar-refractivity contribution < 1.29 is 34.4 Å². The maximum Gasteiger partial charge on any atom is 0.340 e. The Morgan fingerprint density at radius 2 is 1.87 bits per heavy atom. The topological polar surface area (TPSA) is 125 Å². The van der Waals surface area contributed by atoms with E-state index < -0.39 is 49.1 Å². The molecule has 4 N–H and O–H groups in total. The van der Waals surface area contributed by atoms with Crippen molar-refractivity contribution in [3.8, 4) is 0 Å². The second-order valence-corrected chi connectivity index (χ2v) is 5.20. The summed E-state index contributed by atoms with van der Waals surface area (Å²) in [6.45, 7) is 0.637. The highest BCUT2D eigenvalue weighted by molar-refractivity contribution is 5.89. The minimum Gasteiger partial charge on any atom is -0.430 e. The average Bonchev–Trinajstić information content (AvgIpc) is 2.54. The van der Waals surface area contributed by atoms with Gasteiger partial charge in [-0.15, -0.1) is 0 Å². The van der Waals surface area contributed by atoms with Gasteiger partial charge in [0.1, 0.15) is 24.4 Å². The molecule has 1 amide bonds. The molecule has 0 spiro atoms. The Morgan fingerprint density at radius 3 is 2.43 bits per heavy atom. The van der Waals surface area contributed by atoms with Crippen molar-refractivity contribution in [2.24, 2.45) is 0 Å². The fourth-order valence-electron chi connectivity index (χ4n) is 2.32. The van der Waals surface area contributed by atoms with Crippen LogP contribution in [0.5, 0.6) is 0 Å². The number of esters is 1. The van der Waals surface area contributed by atoms with E-state index in [0.717, 1.165) is 0 Å². The Balaban J connectivity index is 2.17. The van der Waals surface area contributed by atoms with Gasteiger partial charge >= 0.3 is 5.97 Å². The zero-order chi connectivity index (χ0) is 17.0. The lowest BCUT2D eigenvalue weighted by Crippen LogP contribution is -2.64. The molecule has 1 fully saturated rings. The molecule has 8 heteroatoms. The van der Waals surface area contributed by atoms with Crippen molar-refractivity contribution in [1.29, 1.82) is 0 Å². The first kappa shape index (κ1) is 17.4. The minimum absolute atomic E-state index is 0.263. The molecule has 1 aromatic carbocycles. The zero-order valence-corrected chi connectivity index (χ0v) is 12.5. The van der Waals surface area contributed by atoms with Crippen molar-refractivity contribution in [1.82, 2.24) is 5.32 Å². The summed E-state index contributed by atoms with van der Waals surface area (Å²) >= 11 is 0. The highest BCUT2D eigenvalue weighted by atomic mass is 16.7. The first-order valence-corrected chi connectivity index (χ1v) is 7.09. The SMILES string of the molecule is CC(=O)N[C@H]1C(O)[C@H](O)C(CO)O[C@@H]1OC(=O)c1ccccc1. The molecule has 8 nitrogen and oxygen atoms in total. The number of benzene rings is 1. The number of hydrogen-bond donors (Lipinski definition) is 4. The molecule has 2 unspecified atom stereocenters. The van der Waals surface area contributed by atoms with E-state index in [4.69, 9.17) is 9.47 Å². The summed E-state index contributed by atoms with van der Waals surface area (Å²) in [6, 6.07) is 6.95. The standard InChI is InChI=1S/C15H19NO7/c1-8(18)16-11-13(20)12(19)10(7-17)22-15(11)23-14(21)9-5-3-2-4-6-9/h2-6,10-13,15,17,19-20H,7H2,1H3,(H,16,18)/t10?,11-,12+,13?,15+/m0/s1. The number of carbonyl (C=O) groups is 2. The quantitative estimate of drug-likeness (QED) is 0.512. The van der Waals surface area contributed by atoms with E-state index in [1.54, 1.807) is 18.2 Å². The first-order chi connectivity index (χ1) is 10.9. The van der Waals surface area contributed by atoms with Gasteiger partial charge < -0.3 is 30.1 Å². The summed E-state index contributed by atoms with van der Waals surface area (Å²) in [5.74, 6) is -1.21. The predicted molar refractivity (Wildman–Crippen MR) is 77.2 cm³/mol. The van der Waals surface area contributed by atoms with Crippen LogP contribution in [0.2, 0.25) is 0 Å². The van der Waals surface area contributed by atoms with Crippen LogP contribution in [0.4, 0.5) is 0 Å². The van der Waals surface area contributed by atoms with E-state index in [9.17, 15) is 24.9 Å². The van der Waals surface area contributed by atoms with Crippen LogP contribution in [0.3, 0.4) is 0 Å². The molecule has 1 saturated heterocycles. The summed E-state index contributed by atoms with van der Waals surface area (Å²) in [5, 5.41) is 31.5. The number of amides is 1. The Hall–Kier alpha value is -2.00. The molecule has 1 heterocycles. The van der Waals surface area contributed by atoms with Gasteiger partial charge in [-0.3, -0.25) is 4.79 Å². The minimum atomic E-state index is -1.46. The molecular weight excluding hydrogens is 306 g/mol. The lowest BCUT2D eigenvalue weighted by atomic mass is 9.97. The molecule has 23 heavy (non-hydrogen) atoms. The molecule has 1 aromatic rings. The van der Waals surface area contributed by atoms with E-state index in [1.807, 2.05) is 0 Å². The second kappa shape index (κ2) is 7.51. The van der Waals surface area contributed by atoms with Crippen LogP contribution in [0.15, 0.2) is 30.3 Å². The van der Waals surface area contributed by atoms with Gasteiger partial charge in [0.25, 0.3) is 0 Å². The Morgan fingerprint density at radius 1 is 1.22 bits per heavy atom. The number of aliphatic hydroxyl groups is 3. The number of hydrogen-bond acceptors (Lipinski definition) is 7. The number of nitrogens with one attached hydrogen (secondary N) is 1. The van der Waals surface area contributed by atoms with Crippen molar-refractivity contribution in [3.63, 3.8) is 0 Å². The Bertz CT molecular complexity index is 550. The van der Waals surface area contributed by atoms with Gasteiger partial charge in [0.2, 0.25) is 12.2 Å². The largest absolute Gasteiger partial charge is 0.430 e. The molecule has 0 radical (unpaired) electrons. The lowest BCUT2D eigenvalue weighted by molar-refractivity contribution is -0.253. The maximum atomic E-state index is 12.1.